The van der Waals surface area contributed by atoms with Crippen molar-refractivity contribution in [2.45, 2.75) is 0 Å². The highest BCUT2D eigenvalue weighted by Crippen LogP contribution is 2.08. The minimum absolute atomic E-state index is 0.533. The first kappa shape index (κ1) is 10.6. The molecule has 3 aromatic rings. The van der Waals surface area contributed by atoms with Gasteiger partial charge in [0, 0.05) is 6.20 Å². The van der Waals surface area contributed by atoms with E-state index in [0.29, 0.717) is 5.82 Å². The lowest BCUT2D eigenvalue weighted by atomic mass is 10.3. The Hall–Kier alpha value is -1.94. The number of pyridine rings is 2. The zero-order valence-corrected chi connectivity index (χ0v) is 9.39. The van der Waals surface area contributed by atoms with E-state index in [2.05, 4.69) is 9.97 Å². The Balaban J connectivity index is 0.000000162. The van der Waals surface area contributed by atoms with Gasteiger partial charge in [-0.15, -0.1) is 0 Å². The number of thiophene rings is 1. The molecule has 16 heavy (non-hydrogen) atoms. The van der Waals surface area contributed by atoms with Crippen molar-refractivity contribution in [2.75, 3.05) is 5.73 Å². The van der Waals surface area contributed by atoms with Crippen LogP contribution in [0.2, 0.25) is 0 Å². The Kier molecular flexibility index (Phi) is 3.46. The summed E-state index contributed by atoms with van der Waals surface area (Å²) in [5.41, 5.74) is 7.20. The Bertz CT molecular complexity index is 532. The highest BCUT2D eigenvalue weighted by molar-refractivity contribution is 7.07. The molecule has 80 valence electrons. The van der Waals surface area contributed by atoms with Crippen molar-refractivity contribution in [3.63, 3.8) is 0 Å². The van der Waals surface area contributed by atoms with E-state index >= 15 is 0 Å². The minimum atomic E-state index is 0.533. The zero-order valence-electron chi connectivity index (χ0n) is 8.58. The van der Waals surface area contributed by atoms with Crippen LogP contribution in [0.25, 0.3) is 11.0 Å². The van der Waals surface area contributed by atoms with Crippen molar-refractivity contribution in [2.24, 2.45) is 0 Å². The molecular weight excluding hydrogens is 218 g/mol. The molecule has 0 radical (unpaired) electrons. The van der Waals surface area contributed by atoms with Gasteiger partial charge in [0.2, 0.25) is 0 Å². The predicted octanol–water partition coefficient (Wildman–Crippen LogP) is 2.96. The molecule has 0 amide bonds. The summed E-state index contributed by atoms with van der Waals surface area (Å²) in [4.78, 5) is 8.20. The number of fused-ring (bicyclic) bond motifs is 1. The molecule has 0 aliphatic carbocycles. The molecule has 0 bridgehead atoms. The maximum Gasteiger partial charge on any atom is 0.124 e. The highest BCUT2D eigenvalue weighted by Gasteiger charge is 1.92. The standard InChI is InChI=1S/C8H7N3.C4H4S/c9-8-4-3-6-7(11-8)2-1-5-10-6;1-2-4-5-3-1/h1-5H,(H2,9,11);1-4H. The van der Waals surface area contributed by atoms with Gasteiger partial charge in [-0.1, -0.05) is 12.1 Å². The monoisotopic (exact) mass is 229 g/mol. The molecule has 0 fully saturated rings. The van der Waals surface area contributed by atoms with Gasteiger partial charge in [0.1, 0.15) is 5.82 Å². The average molecular weight is 229 g/mol. The molecular formula is C12H11N3S. The summed E-state index contributed by atoms with van der Waals surface area (Å²) in [5.74, 6) is 0.533. The second-order valence-electron chi connectivity index (χ2n) is 3.07. The van der Waals surface area contributed by atoms with Crippen LogP contribution in [0.1, 0.15) is 0 Å². The fraction of sp³-hybridized carbons (Fsp3) is 0. The third-order valence-electron chi connectivity index (χ3n) is 1.90. The predicted molar refractivity (Wildman–Crippen MR) is 68.3 cm³/mol. The van der Waals surface area contributed by atoms with E-state index in [1.54, 1.807) is 23.6 Å². The second-order valence-corrected chi connectivity index (χ2v) is 3.89. The summed E-state index contributed by atoms with van der Waals surface area (Å²) in [6.45, 7) is 0. The van der Waals surface area contributed by atoms with E-state index in [1.165, 1.54) is 0 Å². The third-order valence-corrected chi connectivity index (χ3v) is 2.53. The Labute approximate surface area is 97.6 Å². The van der Waals surface area contributed by atoms with E-state index < -0.39 is 0 Å². The quantitative estimate of drug-likeness (QED) is 0.644. The molecule has 0 aliphatic rings. The van der Waals surface area contributed by atoms with Crippen LogP contribution in [-0.2, 0) is 0 Å². The fourth-order valence-electron chi connectivity index (χ4n) is 1.20. The highest BCUT2D eigenvalue weighted by atomic mass is 32.1. The van der Waals surface area contributed by atoms with Crippen molar-refractivity contribution in [3.05, 3.63) is 53.4 Å². The van der Waals surface area contributed by atoms with Gasteiger partial charge in [-0.3, -0.25) is 4.98 Å². The van der Waals surface area contributed by atoms with Crippen LogP contribution < -0.4 is 5.73 Å². The van der Waals surface area contributed by atoms with E-state index in [9.17, 15) is 0 Å². The maximum absolute atomic E-state index is 5.48. The van der Waals surface area contributed by atoms with Gasteiger partial charge >= 0.3 is 0 Å². The summed E-state index contributed by atoms with van der Waals surface area (Å²) < 4.78 is 0. The molecule has 3 rings (SSSR count). The van der Waals surface area contributed by atoms with E-state index in [4.69, 9.17) is 5.73 Å². The van der Waals surface area contributed by atoms with Gasteiger partial charge in [-0.05, 0) is 35.0 Å². The van der Waals surface area contributed by atoms with Gasteiger partial charge in [-0.2, -0.15) is 11.3 Å². The van der Waals surface area contributed by atoms with E-state index in [0.717, 1.165) is 11.0 Å². The Morgan fingerprint density at radius 1 is 0.938 bits per heavy atom. The second kappa shape index (κ2) is 5.23. The van der Waals surface area contributed by atoms with Crippen molar-refractivity contribution >= 4 is 28.2 Å². The summed E-state index contributed by atoms with van der Waals surface area (Å²) >= 11 is 1.71. The van der Waals surface area contributed by atoms with Crippen LogP contribution in [0.5, 0.6) is 0 Å². The van der Waals surface area contributed by atoms with Crippen LogP contribution in [0, 0.1) is 0 Å². The molecule has 0 saturated heterocycles. The number of anilines is 1. The summed E-state index contributed by atoms with van der Waals surface area (Å²) in [7, 11) is 0. The topological polar surface area (TPSA) is 51.8 Å². The zero-order chi connectivity index (χ0) is 11.2. The summed E-state index contributed by atoms with van der Waals surface area (Å²) in [6, 6.07) is 11.4. The molecule has 4 heteroatoms. The fourth-order valence-corrected chi connectivity index (χ4v) is 1.65. The third kappa shape index (κ3) is 2.77. The van der Waals surface area contributed by atoms with Crippen molar-refractivity contribution in [3.8, 4) is 0 Å². The summed E-state index contributed by atoms with van der Waals surface area (Å²) in [6.07, 6.45) is 1.74. The lowest BCUT2D eigenvalue weighted by Crippen LogP contribution is -1.89. The largest absolute Gasteiger partial charge is 0.384 e. The molecule has 0 unspecified atom stereocenters. The van der Waals surface area contributed by atoms with Crippen LogP contribution in [0.15, 0.2) is 53.4 Å². The van der Waals surface area contributed by atoms with Crippen LogP contribution in [-0.4, -0.2) is 9.97 Å². The molecule has 0 spiro atoms. The van der Waals surface area contributed by atoms with Gasteiger partial charge in [-0.25, -0.2) is 4.98 Å². The van der Waals surface area contributed by atoms with Crippen LogP contribution in [0.3, 0.4) is 0 Å². The number of aromatic nitrogens is 2. The van der Waals surface area contributed by atoms with E-state index in [-0.39, 0.29) is 0 Å². The molecule has 0 atom stereocenters. The lowest BCUT2D eigenvalue weighted by molar-refractivity contribution is 1.34. The molecule has 3 aromatic heterocycles. The molecule has 0 saturated carbocycles. The number of hydrogen-bond donors (Lipinski definition) is 1. The minimum Gasteiger partial charge on any atom is -0.384 e. The number of nitrogens with two attached hydrogens (primary N) is 1. The van der Waals surface area contributed by atoms with Crippen LogP contribution >= 0.6 is 11.3 Å². The first-order valence-electron chi connectivity index (χ1n) is 4.81. The molecule has 3 nitrogen and oxygen atoms in total. The van der Waals surface area contributed by atoms with Crippen LogP contribution in [0.4, 0.5) is 5.82 Å². The molecule has 2 N–H and O–H groups in total. The van der Waals surface area contributed by atoms with Crippen molar-refractivity contribution in [1.82, 2.24) is 9.97 Å². The number of nitrogens with zero attached hydrogens (tertiary/aromatic N) is 2. The van der Waals surface area contributed by atoms with Gasteiger partial charge in [0.25, 0.3) is 0 Å². The Morgan fingerprint density at radius 3 is 2.44 bits per heavy atom. The SMILES string of the molecule is Nc1ccc2ncccc2n1.c1ccsc1. The van der Waals surface area contributed by atoms with Gasteiger partial charge in [0.05, 0.1) is 11.0 Å². The first-order valence-corrected chi connectivity index (χ1v) is 5.75. The molecule has 0 aromatic carbocycles. The maximum atomic E-state index is 5.48. The first-order chi connectivity index (χ1) is 7.86. The average Bonchev–Trinajstić information content (AvgIpc) is 2.87. The lowest BCUT2D eigenvalue weighted by Gasteiger charge is -1.95. The van der Waals surface area contributed by atoms with E-state index in [1.807, 2.05) is 41.1 Å². The number of hydrogen-bond acceptors (Lipinski definition) is 4. The van der Waals surface area contributed by atoms with Crippen molar-refractivity contribution in [1.29, 1.82) is 0 Å². The molecule has 0 aliphatic heterocycles. The Morgan fingerprint density at radius 2 is 1.75 bits per heavy atom. The van der Waals surface area contributed by atoms with Crippen molar-refractivity contribution < 1.29 is 0 Å². The van der Waals surface area contributed by atoms with Gasteiger partial charge in [0.15, 0.2) is 0 Å². The summed E-state index contributed by atoms with van der Waals surface area (Å²) in [5, 5.41) is 4.08. The molecule has 3 heterocycles. The normalized spacial score (nSPS) is 9.50. The smallest absolute Gasteiger partial charge is 0.124 e. The number of nitrogen functional groups attached to an aromatic ring is 1. The van der Waals surface area contributed by atoms with Gasteiger partial charge < -0.3 is 5.73 Å². The number of rotatable bonds is 0.